The van der Waals surface area contributed by atoms with Crippen molar-refractivity contribution in [2.45, 2.75) is 39.5 Å². The highest BCUT2D eigenvalue weighted by atomic mass is 16.6. The maximum absolute atomic E-state index is 11.0. The summed E-state index contributed by atoms with van der Waals surface area (Å²) in [6.07, 6.45) is 4.80. The van der Waals surface area contributed by atoms with Crippen LogP contribution in [0, 0.1) is 22.5 Å². The van der Waals surface area contributed by atoms with Crippen LogP contribution in [-0.2, 0) is 7.05 Å². The van der Waals surface area contributed by atoms with Gasteiger partial charge in [0.05, 0.1) is 0 Å². The van der Waals surface area contributed by atoms with Crippen molar-refractivity contribution in [3.8, 4) is 0 Å². The fourth-order valence-electron chi connectivity index (χ4n) is 2.52. The van der Waals surface area contributed by atoms with Crippen molar-refractivity contribution in [3.05, 3.63) is 15.9 Å². The SMILES string of the molecule is CCC1(CNc2c([N+](=O)[O-])nc(C)n2C)CCC1. The summed E-state index contributed by atoms with van der Waals surface area (Å²) in [5.41, 5.74) is 0.325. The van der Waals surface area contributed by atoms with Gasteiger partial charge in [-0.25, -0.2) is 0 Å². The van der Waals surface area contributed by atoms with E-state index in [-0.39, 0.29) is 5.82 Å². The second-order valence-electron chi connectivity index (χ2n) is 5.21. The molecule has 1 heterocycles. The van der Waals surface area contributed by atoms with Crippen LogP contribution in [0.5, 0.6) is 0 Å². The number of hydrogen-bond acceptors (Lipinski definition) is 4. The molecule has 0 aliphatic heterocycles. The summed E-state index contributed by atoms with van der Waals surface area (Å²) < 4.78 is 1.75. The summed E-state index contributed by atoms with van der Waals surface area (Å²) in [5.74, 6) is 1.11. The fourth-order valence-corrected chi connectivity index (χ4v) is 2.52. The van der Waals surface area contributed by atoms with Crippen LogP contribution in [0.4, 0.5) is 11.6 Å². The third-order valence-electron chi connectivity index (χ3n) is 4.27. The molecule has 0 amide bonds. The van der Waals surface area contributed by atoms with Crippen molar-refractivity contribution >= 4 is 11.6 Å². The molecular weight excluding hydrogens is 232 g/mol. The van der Waals surface area contributed by atoms with Gasteiger partial charge in [0.25, 0.3) is 0 Å². The summed E-state index contributed by atoms with van der Waals surface area (Å²) in [5, 5.41) is 14.2. The van der Waals surface area contributed by atoms with Crippen molar-refractivity contribution in [3.63, 3.8) is 0 Å². The van der Waals surface area contributed by atoms with Crippen molar-refractivity contribution in [1.82, 2.24) is 9.55 Å². The fraction of sp³-hybridized carbons (Fsp3) is 0.750. The monoisotopic (exact) mass is 252 g/mol. The summed E-state index contributed by atoms with van der Waals surface area (Å²) in [6.45, 7) is 4.75. The van der Waals surface area contributed by atoms with Gasteiger partial charge in [-0.1, -0.05) is 13.3 Å². The highest BCUT2D eigenvalue weighted by Gasteiger charge is 2.36. The maximum atomic E-state index is 11.0. The van der Waals surface area contributed by atoms with E-state index in [1.807, 2.05) is 0 Å². The molecule has 0 unspecified atom stereocenters. The molecule has 6 nitrogen and oxygen atoms in total. The van der Waals surface area contributed by atoms with Crippen LogP contribution >= 0.6 is 0 Å². The Hall–Kier alpha value is -1.59. The summed E-state index contributed by atoms with van der Waals surface area (Å²) in [7, 11) is 1.80. The lowest BCUT2D eigenvalue weighted by Crippen LogP contribution is -2.36. The minimum absolute atomic E-state index is 0.0689. The van der Waals surface area contributed by atoms with E-state index in [1.165, 1.54) is 19.3 Å². The highest BCUT2D eigenvalue weighted by molar-refractivity contribution is 5.53. The van der Waals surface area contributed by atoms with Crippen LogP contribution in [0.2, 0.25) is 0 Å². The van der Waals surface area contributed by atoms with E-state index in [0.29, 0.717) is 17.1 Å². The Bertz CT molecular complexity index is 457. The molecule has 18 heavy (non-hydrogen) atoms. The van der Waals surface area contributed by atoms with Gasteiger partial charge in [-0.15, -0.1) is 0 Å². The number of anilines is 1. The summed E-state index contributed by atoms with van der Waals surface area (Å²) in [6, 6.07) is 0. The number of imidazole rings is 1. The largest absolute Gasteiger partial charge is 0.406 e. The number of rotatable bonds is 5. The second kappa shape index (κ2) is 4.59. The molecule has 0 bridgehead atoms. The molecule has 0 aromatic carbocycles. The van der Waals surface area contributed by atoms with Crippen LogP contribution in [-0.4, -0.2) is 21.0 Å². The zero-order valence-electron chi connectivity index (χ0n) is 11.2. The smallest absolute Gasteiger partial charge is 0.364 e. The summed E-state index contributed by atoms with van der Waals surface area (Å²) >= 11 is 0. The number of nitrogens with zero attached hydrogens (tertiary/aromatic N) is 3. The number of nitrogens with one attached hydrogen (secondary N) is 1. The minimum atomic E-state index is -0.422. The van der Waals surface area contributed by atoms with Crippen molar-refractivity contribution < 1.29 is 4.92 Å². The van der Waals surface area contributed by atoms with Crippen LogP contribution in [0.25, 0.3) is 0 Å². The standard InChI is InChI=1S/C12H20N4O2/c1-4-12(6-5-7-12)8-13-10-11(16(17)18)14-9(2)15(10)3/h13H,4-8H2,1-3H3. The Balaban J connectivity index is 2.15. The van der Waals surface area contributed by atoms with Crippen LogP contribution < -0.4 is 5.32 Å². The normalized spacial score (nSPS) is 17.3. The number of nitro groups is 1. The van der Waals surface area contributed by atoms with Crippen molar-refractivity contribution in [2.24, 2.45) is 12.5 Å². The number of hydrogen-bond donors (Lipinski definition) is 1. The minimum Gasteiger partial charge on any atom is -0.364 e. The summed E-state index contributed by atoms with van der Waals surface area (Å²) in [4.78, 5) is 14.5. The third kappa shape index (κ3) is 2.07. The Morgan fingerprint density at radius 3 is 2.67 bits per heavy atom. The molecule has 1 aliphatic carbocycles. The third-order valence-corrected chi connectivity index (χ3v) is 4.27. The number of aryl methyl sites for hydroxylation is 1. The van der Waals surface area contributed by atoms with Gasteiger partial charge in [0.2, 0.25) is 11.6 Å². The molecule has 1 saturated carbocycles. The van der Waals surface area contributed by atoms with Crippen molar-refractivity contribution in [2.75, 3.05) is 11.9 Å². The first-order valence-electron chi connectivity index (χ1n) is 6.41. The van der Waals surface area contributed by atoms with E-state index in [4.69, 9.17) is 0 Å². The molecule has 6 heteroatoms. The molecule has 0 radical (unpaired) electrons. The molecule has 1 aromatic heterocycles. The van der Waals surface area contributed by atoms with Gasteiger partial charge in [0.1, 0.15) is 0 Å². The molecule has 0 saturated heterocycles. The van der Waals surface area contributed by atoms with Gasteiger partial charge in [-0.2, -0.15) is 0 Å². The quantitative estimate of drug-likeness (QED) is 0.645. The average molecular weight is 252 g/mol. The van der Waals surface area contributed by atoms with E-state index in [1.54, 1.807) is 18.5 Å². The topological polar surface area (TPSA) is 73.0 Å². The van der Waals surface area contributed by atoms with E-state index >= 15 is 0 Å². The van der Waals surface area contributed by atoms with E-state index in [9.17, 15) is 10.1 Å². The average Bonchev–Trinajstić information content (AvgIpc) is 2.56. The van der Waals surface area contributed by atoms with Gasteiger partial charge >= 0.3 is 5.82 Å². The van der Waals surface area contributed by atoms with Gasteiger partial charge in [0, 0.05) is 20.5 Å². The zero-order chi connectivity index (χ0) is 13.3. The first kappa shape index (κ1) is 12.9. The molecule has 1 aromatic rings. The van der Waals surface area contributed by atoms with E-state index in [2.05, 4.69) is 17.2 Å². The maximum Gasteiger partial charge on any atom is 0.406 e. The Morgan fingerprint density at radius 1 is 1.56 bits per heavy atom. The molecule has 1 N–H and O–H groups in total. The first-order chi connectivity index (χ1) is 8.49. The molecular formula is C12H20N4O2. The zero-order valence-corrected chi connectivity index (χ0v) is 11.2. The molecule has 100 valence electrons. The lowest BCUT2D eigenvalue weighted by atomic mass is 9.67. The Labute approximate surface area is 107 Å². The van der Waals surface area contributed by atoms with Gasteiger partial charge in [0.15, 0.2) is 0 Å². The van der Waals surface area contributed by atoms with E-state index < -0.39 is 4.92 Å². The Kier molecular flexibility index (Phi) is 3.28. The van der Waals surface area contributed by atoms with Gasteiger partial charge in [-0.3, -0.25) is 4.57 Å². The Morgan fingerprint density at radius 2 is 2.22 bits per heavy atom. The predicted molar refractivity (Wildman–Crippen MR) is 69.7 cm³/mol. The molecule has 1 aliphatic rings. The predicted octanol–water partition coefficient (Wildman–Crippen LogP) is 2.63. The molecule has 0 spiro atoms. The lowest BCUT2D eigenvalue weighted by Gasteiger charge is -2.41. The lowest BCUT2D eigenvalue weighted by molar-refractivity contribution is -0.388. The van der Waals surface area contributed by atoms with Crippen LogP contribution in [0.15, 0.2) is 0 Å². The second-order valence-corrected chi connectivity index (χ2v) is 5.21. The van der Waals surface area contributed by atoms with E-state index in [0.717, 1.165) is 13.0 Å². The number of aromatic nitrogens is 2. The van der Waals surface area contributed by atoms with Gasteiger partial charge in [-0.05, 0) is 34.6 Å². The van der Waals surface area contributed by atoms with Crippen LogP contribution in [0.1, 0.15) is 38.4 Å². The molecule has 1 fully saturated rings. The van der Waals surface area contributed by atoms with Gasteiger partial charge < -0.3 is 15.4 Å². The first-order valence-corrected chi connectivity index (χ1v) is 6.41. The highest BCUT2D eigenvalue weighted by Crippen LogP contribution is 2.44. The molecule has 2 rings (SSSR count). The van der Waals surface area contributed by atoms with Crippen molar-refractivity contribution in [1.29, 1.82) is 0 Å². The molecule has 0 atom stereocenters. The van der Waals surface area contributed by atoms with Crippen LogP contribution in [0.3, 0.4) is 0 Å².